The smallest absolute Gasteiger partial charge is 0.274 e. The molecule has 0 fully saturated rings. The average Bonchev–Trinajstić information content (AvgIpc) is 2.68. The van der Waals surface area contributed by atoms with E-state index >= 15 is 0 Å². The van der Waals surface area contributed by atoms with Crippen molar-refractivity contribution in [2.24, 2.45) is 0 Å². The summed E-state index contributed by atoms with van der Waals surface area (Å²) in [5.41, 5.74) is 2.79. The molecule has 2 aromatic heterocycles. The number of carbonyl (C=O) groups is 1. The topological polar surface area (TPSA) is 90.7 Å². The van der Waals surface area contributed by atoms with Crippen LogP contribution in [0.5, 0.6) is 0 Å². The third-order valence-electron chi connectivity index (χ3n) is 3.49. The van der Waals surface area contributed by atoms with Crippen LogP contribution in [-0.2, 0) is 6.54 Å². The predicted octanol–water partition coefficient (Wildman–Crippen LogP) is 3.21. The predicted molar refractivity (Wildman–Crippen MR) is 94.9 cm³/mol. The number of aromatic nitrogens is 2. The number of hydrogen-bond acceptors (Lipinski definition) is 5. The maximum absolute atomic E-state index is 12.4. The molecule has 0 unspecified atom stereocenters. The van der Waals surface area contributed by atoms with Crippen LogP contribution < -0.4 is 10.6 Å². The molecule has 6 nitrogen and oxygen atoms in total. The molecule has 122 valence electrons. The van der Waals surface area contributed by atoms with Crippen molar-refractivity contribution in [1.82, 2.24) is 9.97 Å². The summed E-state index contributed by atoms with van der Waals surface area (Å²) in [5.74, 6) is -0.371. The van der Waals surface area contributed by atoms with E-state index in [1.807, 2.05) is 24.3 Å². The Hall–Kier alpha value is -3.72. The van der Waals surface area contributed by atoms with Gasteiger partial charge in [-0.25, -0.2) is 0 Å². The van der Waals surface area contributed by atoms with Gasteiger partial charge in [0.15, 0.2) is 0 Å². The minimum Gasteiger partial charge on any atom is -0.379 e. The van der Waals surface area contributed by atoms with Gasteiger partial charge < -0.3 is 10.6 Å². The molecule has 2 N–H and O–H groups in total. The van der Waals surface area contributed by atoms with Crippen molar-refractivity contribution in [1.29, 1.82) is 5.26 Å². The van der Waals surface area contributed by atoms with E-state index in [1.54, 1.807) is 48.8 Å². The van der Waals surface area contributed by atoms with E-state index in [2.05, 4.69) is 20.6 Å². The number of amides is 1. The number of pyridine rings is 2. The molecule has 3 aromatic rings. The van der Waals surface area contributed by atoms with Crippen molar-refractivity contribution < 1.29 is 4.79 Å². The van der Waals surface area contributed by atoms with Crippen molar-refractivity contribution in [3.8, 4) is 6.07 Å². The minimum absolute atomic E-state index is 0.263. The summed E-state index contributed by atoms with van der Waals surface area (Å²) in [4.78, 5) is 20.7. The van der Waals surface area contributed by atoms with Gasteiger partial charge in [-0.15, -0.1) is 0 Å². The summed E-state index contributed by atoms with van der Waals surface area (Å²) in [7, 11) is 0. The fourth-order valence-electron chi connectivity index (χ4n) is 2.24. The fourth-order valence-corrected chi connectivity index (χ4v) is 2.24. The quantitative estimate of drug-likeness (QED) is 0.750. The second-order valence-electron chi connectivity index (χ2n) is 5.22. The maximum Gasteiger partial charge on any atom is 0.274 e. The molecule has 1 amide bonds. The van der Waals surface area contributed by atoms with Crippen LogP contribution in [0.1, 0.15) is 21.7 Å². The highest BCUT2D eigenvalue weighted by molar-refractivity contribution is 6.04. The van der Waals surface area contributed by atoms with Crippen LogP contribution >= 0.6 is 0 Å². The van der Waals surface area contributed by atoms with Crippen LogP contribution in [0.15, 0.2) is 67.0 Å². The first kappa shape index (κ1) is 16.1. The zero-order chi connectivity index (χ0) is 17.5. The Labute approximate surface area is 145 Å². The van der Waals surface area contributed by atoms with Crippen LogP contribution in [0, 0.1) is 11.3 Å². The van der Waals surface area contributed by atoms with Crippen LogP contribution in [-0.4, -0.2) is 15.9 Å². The lowest BCUT2D eigenvalue weighted by Gasteiger charge is -2.09. The molecule has 0 saturated carbocycles. The highest BCUT2D eigenvalue weighted by Crippen LogP contribution is 2.16. The van der Waals surface area contributed by atoms with Gasteiger partial charge in [-0.1, -0.05) is 18.2 Å². The summed E-state index contributed by atoms with van der Waals surface area (Å²) >= 11 is 0. The average molecular weight is 329 g/mol. The maximum atomic E-state index is 12.4. The molecule has 3 rings (SSSR count). The number of nitrogens with one attached hydrogen (secondary N) is 2. The first-order chi connectivity index (χ1) is 12.3. The van der Waals surface area contributed by atoms with Gasteiger partial charge in [0.05, 0.1) is 23.5 Å². The van der Waals surface area contributed by atoms with E-state index in [0.29, 0.717) is 17.8 Å². The Morgan fingerprint density at radius 3 is 2.68 bits per heavy atom. The van der Waals surface area contributed by atoms with E-state index in [0.717, 1.165) is 11.4 Å². The second-order valence-corrected chi connectivity index (χ2v) is 5.22. The molecule has 0 aliphatic heterocycles. The molecular formula is C19H15N5O. The largest absolute Gasteiger partial charge is 0.379 e. The second kappa shape index (κ2) is 7.70. The van der Waals surface area contributed by atoms with E-state index in [4.69, 9.17) is 5.26 Å². The number of para-hydroxylation sites is 1. The molecule has 0 radical (unpaired) electrons. The fraction of sp³-hybridized carbons (Fsp3) is 0.0526. The lowest BCUT2D eigenvalue weighted by Crippen LogP contribution is -2.15. The molecule has 0 aliphatic carbocycles. The van der Waals surface area contributed by atoms with Gasteiger partial charge in [0, 0.05) is 18.1 Å². The number of nitrogens with zero attached hydrogens (tertiary/aromatic N) is 3. The summed E-state index contributed by atoms with van der Waals surface area (Å²) in [6, 6.07) is 18.0. The standard InChI is InChI=1S/C19H15N5O/c20-12-14-5-1-2-7-17(14)24-19(25)18-11-15(8-10-22-18)23-13-16-6-3-4-9-21-16/h1-11H,13H2,(H,22,23)(H,24,25). The SMILES string of the molecule is N#Cc1ccccc1NC(=O)c1cc(NCc2ccccn2)ccn1. The van der Waals surface area contributed by atoms with Crippen molar-refractivity contribution in [3.05, 3.63) is 83.9 Å². The zero-order valence-corrected chi connectivity index (χ0v) is 13.3. The highest BCUT2D eigenvalue weighted by atomic mass is 16.1. The van der Waals surface area contributed by atoms with Crippen LogP contribution in [0.4, 0.5) is 11.4 Å². The number of rotatable bonds is 5. The van der Waals surface area contributed by atoms with Gasteiger partial charge in [-0.2, -0.15) is 5.26 Å². The first-order valence-corrected chi connectivity index (χ1v) is 7.66. The molecule has 0 bridgehead atoms. The Kier molecular flexibility index (Phi) is 4.98. The summed E-state index contributed by atoms with van der Waals surface area (Å²) in [5, 5.41) is 15.0. The summed E-state index contributed by atoms with van der Waals surface area (Å²) < 4.78 is 0. The number of nitriles is 1. The molecule has 2 heterocycles. The monoisotopic (exact) mass is 329 g/mol. The minimum atomic E-state index is -0.371. The third kappa shape index (κ3) is 4.18. The molecule has 0 aliphatic rings. The summed E-state index contributed by atoms with van der Waals surface area (Å²) in [6.45, 7) is 0.545. The lowest BCUT2D eigenvalue weighted by molar-refractivity contribution is 0.102. The van der Waals surface area contributed by atoms with Gasteiger partial charge in [0.2, 0.25) is 0 Å². The van der Waals surface area contributed by atoms with Gasteiger partial charge in [-0.05, 0) is 36.4 Å². The van der Waals surface area contributed by atoms with Gasteiger partial charge in [0.1, 0.15) is 11.8 Å². The molecule has 0 spiro atoms. The molecular weight excluding hydrogens is 314 g/mol. The molecule has 1 aromatic carbocycles. The van der Waals surface area contributed by atoms with E-state index in [1.165, 1.54) is 0 Å². The van der Waals surface area contributed by atoms with Gasteiger partial charge >= 0.3 is 0 Å². The third-order valence-corrected chi connectivity index (χ3v) is 3.49. The van der Waals surface area contributed by atoms with Crippen LogP contribution in [0.25, 0.3) is 0 Å². The molecule has 0 atom stereocenters. The Morgan fingerprint density at radius 1 is 1.04 bits per heavy atom. The normalized spacial score (nSPS) is 9.88. The number of carbonyl (C=O) groups excluding carboxylic acids is 1. The van der Waals surface area contributed by atoms with Crippen LogP contribution in [0.2, 0.25) is 0 Å². The Morgan fingerprint density at radius 2 is 1.88 bits per heavy atom. The number of benzene rings is 1. The molecule has 6 heteroatoms. The molecule has 0 saturated heterocycles. The van der Waals surface area contributed by atoms with E-state index in [-0.39, 0.29) is 11.6 Å². The van der Waals surface area contributed by atoms with Gasteiger partial charge in [-0.3, -0.25) is 14.8 Å². The number of hydrogen-bond donors (Lipinski definition) is 2. The van der Waals surface area contributed by atoms with E-state index in [9.17, 15) is 4.79 Å². The van der Waals surface area contributed by atoms with Crippen LogP contribution in [0.3, 0.4) is 0 Å². The Balaban J connectivity index is 1.70. The van der Waals surface area contributed by atoms with E-state index < -0.39 is 0 Å². The zero-order valence-electron chi connectivity index (χ0n) is 13.3. The van der Waals surface area contributed by atoms with Crippen molar-refractivity contribution in [2.45, 2.75) is 6.54 Å². The van der Waals surface area contributed by atoms with Crippen molar-refractivity contribution in [3.63, 3.8) is 0 Å². The molecule has 25 heavy (non-hydrogen) atoms. The summed E-state index contributed by atoms with van der Waals surface area (Å²) in [6.07, 6.45) is 3.29. The Bertz CT molecular complexity index is 918. The van der Waals surface area contributed by atoms with Gasteiger partial charge in [0.25, 0.3) is 5.91 Å². The lowest BCUT2D eigenvalue weighted by atomic mass is 10.2. The highest BCUT2D eigenvalue weighted by Gasteiger charge is 2.10. The van der Waals surface area contributed by atoms with Crippen molar-refractivity contribution in [2.75, 3.05) is 10.6 Å². The number of anilines is 2. The first-order valence-electron chi connectivity index (χ1n) is 7.66. The van der Waals surface area contributed by atoms with Crippen molar-refractivity contribution >= 4 is 17.3 Å².